The first-order valence-electron chi connectivity index (χ1n) is 6.41. The van der Waals surface area contributed by atoms with E-state index in [-0.39, 0.29) is 12.5 Å². The zero-order chi connectivity index (χ0) is 16.8. The molecule has 122 valence electrons. The van der Waals surface area contributed by atoms with Crippen LogP contribution in [0.5, 0.6) is 11.5 Å². The van der Waals surface area contributed by atoms with Gasteiger partial charge in [-0.15, -0.1) is 0 Å². The van der Waals surface area contributed by atoms with Crippen molar-refractivity contribution in [3.05, 3.63) is 23.8 Å². The molecular formula is C14H15F3O5. The monoisotopic (exact) mass is 320 g/mol. The Morgan fingerprint density at radius 1 is 1.27 bits per heavy atom. The second-order valence-corrected chi connectivity index (χ2v) is 5.76. The van der Waals surface area contributed by atoms with Gasteiger partial charge in [0.15, 0.2) is 11.5 Å². The molecule has 0 aromatic heterocycles. The molecule has 2 N–H and O–H groups in total. The molecule has 1 aromatic carbocycles. The molecule has 1 heterocycles. The van der Waals surface area contributed by atoms with Gasteiger partial charge in [-0.3, -0.25) is 0 Å². The minimum atomic E-state index is -5.30. The lowest BCUT2D eigenvalue weighted by Gasteiger charge is -2.35. The number of carboxylic acid groups (broad SMARTS) is 1. The van der Waals surface area contributed by atoms with Crippen LogP contribution in [0, 0.1) is 0 Å². The average Bonchev–Trinajstić information content (AvgIpc) is 2.84. The van der Waals surface area contributed by atoms with E-state index in [2.05, 4.69) is 0 Å². The number of hydrogen-bond acceptors (Lipinski definition) is 4. The molecule has 1 aliphatic heterocycles. The van der Waals surface area contributed by atoms with Crippen molar-refractivity contribution >= 4 is 5.97 Å². The highest BCUT2D eigenvalue weighted by Crippen LogP contribution is 2.47. The number of carbonyl (C=O) groups is 1. The van der Waals surface area contributed by atoms with E-state index >= 15 is 0 Å². The number of ether oxygens (including phenoxy) is 2. The smallest absolute Gasteiger partial charge is 0.428 e. The van der Waals surface area contributed by atoms with Gasteiger partial charge < -0.3 is 19.7 Å². The third kappa shape index (κ3) is 2.58. The van der Waals surface area contributed by atoms with E-state index < -0.39 is 29.6 Å². The quantitative estimate of drug-likeness (QED) is 0.891. The van der Waals surface area contributed by atoms with Crippen LogP contribution in [0.25, 0.3) is 0 Å². The SMILES string of the molecule is CC(C)(CC(O)(C(=O)O)C(F)(F)F)c1cccc2c1OCO2. The molecule has 0 bridgehead atoms. The number of rotatable bonds is 4. The van der Waals surface area contributed by atoms with Crippen molar-refractivity contribution in [3.8, 4) is 11.5 Å². The Balaban J connectivity index is 2.43. The van der Waals surface area contributed by atoms with Crippen LogP contribution in [0.2, 0.25) is 0 Å². The summed E-state index contributed by atoms with van der Waals surface area (Å²) in [7, 11) is 0. The van der Waals surface area contributed by atoms with Crippen LogP contribution in [-0.4, -0.2) is 34.8 Å². The standard InChI is InChI=1S/C14H15F3O5/c1-12(2,6-13(20,11(18)19)14(15,16)17)8-4-3-5-9-10(8)22-7-21-9/h3-5,20H,6-7H2,1-2H3,(H,18,19). The van der Waals surface area contributed by atoms with Gasteiger partial charge in [0, 0.05) is 12.0 Å². The van der Waals surface area contributed by atoms with E-state index in [1.165, 1.54) is 19.9 Å². The van der Waals surface area contributed by atoms with Gasteiger partial charge in [0.25, 0.3) is 5.60 Å². The van der Waals surface area contributed by atoms with Gasteiger partial charge in [-0.2, -0.15) is 13.2 Å². The molecule has 0 saturated heterocycles. The lowest BCUT2D eigenvalue weighted by molar-refractivity contribution is -0.265. The number of halogens is 3. The Morgan fingerprint density at radius 2 is 1.91 bits per heavy atom. The number of fused-ring (bicyclic) bond motifs is 1. The summed E-state index contributed by atoms with van der Waals surface area (Å²) in [5, 5.41) is 18.5. The molecular weight excluding hydrogens is 305 g/mol. The van der Waals surface area contributed by atoms with Gasteiger partial charge in [-0.25, -0.2) is 4.79 Å². The van der Waals surface area contributed by atoms with Crippen molar-refractivity contribution < 1.29 is 37.7 Å². The van der Waals surface area contributed by atoms with Crippen LogP contribution in [0.3, 0.4) is 0 Å². The van der Waals surface area contributed by atoms with Crippen LogP contribution in [0.1, 0.15) is 25.8 Å². The molecule has 0 saturated carbocycles. The summed E-state index contributed by atoms with van der Waals surface area (Å²) < 4.78 is 49.4. The molecule has 2 rings (SSSR count). The first-order chi connectivity index (χ1) is 9.99. The number of hydrogen-bond donors (Lipinski definition) is 2. The van der Waals surface area contributed by atoms with Crippen molar-refractivity contribution in [2.75, 3.05) is 6.79 Å². The van der Waals surface area contributed by atoms with Gasteiger partial charge in [0.2, 0.25) is 6.79 Å². The Bertz CT molecular complexity index is 597. The molecule has 0 spiro atoms. The highest BCUT2D eigenvalue weighted by molar-refractivity contribution is 5.78. The number of aliphatic hydroxyl groups is 1. The summed E-state index contributed by atoms with van der Waals surface area (Å²) >= 11 is 0. The predicted octanol–water partition coefficient (Wildman–Crippen LogP) is 2.46. The fourth-order valence-corrected chi connectivity index (χ4v) is 2.50. The maximum absolute atomic E-state index is 13.0. The molecule has 0 amide bonds. The highest BCUT2D eigenvalue weighted by Gasteiger charge is 2.62. The van der Waals surface area contributed by atoms with Gasteiger partial charge in [-0.05, 0) is 11.5 Å². The minimum absolute atomic E-state index is 0.0646. The number of benzene rings is 1. The largest absolute Gasteiger partial charge is 0.479 e. The Kier molecular flexibility index (Phi) is 3.76. The van der Waals surface area contributed by atoms with E-state index in [1.807, 2.05) is 0 Å². The molecule has 0 fully saturated rings. The molecule has 5 nitrogen and oxygen atoms in total. The zero-order valence-corrected chi connectivity index (χ0v) is 11.9. The van der Waals surface area contributed by atoms with Gasteiger partial charge in [0.1, 0.15) is 0 Å². The van der Waals surface area contributed by atoms with Crippen LogP contribution < -0.4 is 9.47 Å². The number of carboxylic acids is 1. The highest BCUT2D eigenvalue weighted by atomic mass is 19.4. The summed E-state index contributed by atoms with van der Waals surface area (Å²) in [5.74, 6) is -1.70. The lowest BCUT2D eigenvalue weighted by Crippen LogP contribution is -2.55. The summed E-state index contributed by atoms with van der Waals surface area (Å²) in [6.07, 6.45) is -6.36. The van der Waals surface area contributed by atoms with Crippen LogP contribution in [0.15, 0.2) is 18.2 Å². The normalized spacial score (nSPS) is 17.2. The Morgan fingerprint density at radius 3 is 2.45 bits per heavy atom. The maximum Gasteiger partial charge on any atom is 0.428 e. The minimum Gasteiger partial charge on any atom is -0.479 e. The molecule has 1 aromatic rings. The van der Waals surface area contributed by atoms with E-state index in [0.717, 1.165) is 0 Å². The number of para-hydroxylation sites is 1. The Labute approximate surface area is 124 Å². The summed E-state index contributed by atoms with van der Waals surface area (Å²) in [4.78, 5) is 11.0. The molecule has 0 radical (unpaired) electrons. The first kappa shape index (κ1) is 16.4. The first-order valence-corrected chi connectivity index (χ1v) is 6.41. The predicted molar refractivity (Wildman–Crippen MR) is 68.8 cm³/mol. The number of alkyl halides is 3. The topological polar surface area (TPSA) is 76.0 Å². The fourth-order valence-electron chi connectivity index (χ4n) is 2.50. The summed E-state index contributed by atoms with van der Waals surface area (Å²) in [5.41, 5.74) is -4.83. The van der Waals surface area contributed by atoms with E-state index in [0.29, 0.717) is 11.3 Å². The Hall–Kier alpha value is -1.96. The third-order valence-corrected chi connectivity index (χ3v) is 3.65. The van der Waals surface area contributed by atoms with Crippen molar-refractivity contribution in [1.82, 2.24) is 0 Å². The summed E-state index contributed by atoms with van der Waals surface area (Å²) in [6.45, 7) is 2.75. The molecule has 8 heteroatoms. The lowest BCUT2D eigenvalue weighted by atomic mass is 9.74. The van der Waals surface area contributed by atoms with Crippen LogP contribution in [0.4, 0.5) is 13.2 Å². The fraction of sp³-hybridized carbons (Fsp3) is 0.500. The molecule has 22 heavy (non-hydrogen) atoms. The van der Waals surface area contributed by atoms with Crippen molar-refractivity contribution in [3.63, 3.8) is 0 Å². The number of aliphatic carboxylic acids is 1. The zero-order valence-electron chi connectivity index (χ0n) is 11.9. The maximum atomic E-state index is 13.0. The van der Waals surface area contributed by atoms with Gasteiger partial charge in [0.05, 0.1) is 0 Å². The van der Waals surface area contributed by atoms with E-state index in [1.54, 1.807) is 12.1 Å². The van der Waals surface area contributed by atoms with E-state index in [4.69, 9.17) is 14.6 Å². The second kappa shape index (κ2) is 5.05. The molecule has 1 atom stereocenters. The summed E-state index contributed by atoms with van der Waals surface area (Å²) in [6, 6.07) is 4.68. The van der Waals surface area contributed by atoms with Crippen LogP contribution >= 0.6 is 0 Å². The van der Waals surface area contributed by atoms with E-state index in [9.17, 15) is 23.1 Å². The van der Waals surface area contributed by atoms with Crippen molar-refractivity contribution in [2.24, 2.45) is 0 Å². The second-order valence-electron chi connectivity index (χ2n) is 5.76. The molecule has 0 aliphatic carbocycles. The van der Waals surface area contributed by atoms with Gasteiger partial charge in [-0.1, -0.05) is 26.0 Å². The molecule has 1 aliphatic rings. The van der Waals surface area contributed by atoms with Crippen LogP contribution in [-0.2, 0) is 10.2 Å². The third-order valence-electron chi connectivity index (χ3n) is 3.65. The average molecular weight is 320 g/mol. The van der Waals surface area contributed by atoms with Gasteiger partial charge >= 0.3 is 12.1 Å². The van der Waals surface area contributed by atoms with Crippen molar-refractivity contribution in [1.29, 1.82) is 0 Å². The van der Waals surface area contributed by atoms with Crippen molar-refractivity contribution in [2.45, 2.75) is 37.5 Å². The molecule has 1 unspecified atom stereocenters.